The minimum absolute atomic E-state index is 0.146. The minimum Gasteiger partial charge on any atom is -0.349 e. The third-order valence-electron chi connectivity index (χ3n) is 6.25. The predicted molar refractivity (Wildman–Crippen MR) is 112 cm³/mol. The van der Waals surface area contributed by atoms with Crippen LogP contribution in [-0.2, 0) is 10.5 Å². The molecule has 1 saturated heterocycles. The number of halogens is 1. The molecule has 154 valence electrons. The molecule has 1 aromatic carbocycles. The SMILES string of the molecule is Cc1ccc(-c2cc(C(C)C)c3n(cc4[n+]3C3(C)C(=O)NCCN3C4=O)n2)cc1Cl. The molecule has 30 heavy (non-hydrogen) atoms. The number of nitrogens with one attached hydrogen (secondary N) is 1. The van der Waals surface area contributed by atoms with E-state index >= 15 is 0 Å². The molecule has 4 heterocycles. The molecule has 2 aliphatic heterocycles. The second-order valence-corrected chi connectivity index (χ2v) is 8.86. The highest BCUT2D eigenvalue weighted by molar-refractivity contribution is 6.31. The monoisotopic (exact) mass is 424 g/mol. The first-order valence-corrected chi connectivity index (χ1v) is 10.5. The first kappa shape index (κ1) is 19.1. The molecular weight excluding hydrogens is 402 g/mol. The number of aryl methyl sites for hydroxylation is 1. The van der Waals surface area contributed by atoms with E-state index in [-0.39, 0.29) is 17.7 Å². The Morgan fingerprint density at radius 3 is 2.73 bits per heavy atom. The van der Waals surface area contributed by atoms with Crippen LogP contribution in [0.1, 0.15) is 48.3 Å². The summed E-state index contributed by atoms with van der Waals surface area (Å²) in [6.45, 7) is 8.90. The van der Waals surface area contributed by atoms with Gasteiger partial charge in [-0.2, -0.15) is 4.57 Å². The van der Waals surface area contributed by atoms with E-state index in [1.54, 1.807) is 22.5 Å². The average Bonchev–Trinajstić information content (AvgIpc) is 3.19. The Bertz CT molecular complexity index is 1250. The molecule has 0 bridgehead atoms. The lowest BCUT2D eigenvalue weighted by Crippen LogP contribution is -2.71. The largest absolute Gasteiger partial charge is 0.349 e. The zero-order valence-electron chi connectivity index (χ0n) is 17.4. The molecule has 5 rings (SSSR count). The fourth-order valence-corrected chi connectivity index (χ4v) is 4.68. The van der Waals surface area contributed by atoms with E-state index < -0.39 is 5.66 Å². The zero-order valence-corrected chi connectivity index (χ0v) is 18.1. The lowest BCUT2D eigenvalue weighted by Gasteiger charge is -2.35. The summed E-state index contributed by atoms with van der Waals surface area (Å²) < 4.78 is 3.58. The average molecular weight is 425 g/mol. The van der Waals surface area contributed by atoms with Crippen molar-refractivity contribution < 1.29 is 14.2 Å². The van der Waals surface area contributed by atoms with Crippen LogP contribution in [0, 0.1) is 6.92 Å². The number of fused-ring (bicyclic) bond motifs is 5. The summed E-state index contributed by atoms with van der Waals surface area (Å²) >= 11 is 6.34. The van der Waals surface area contributed by atoms with Crippen molar-refractivity contribution >= 4 is 29.1 Å². The van der Waals surface area contributed by atoms with Gasteiger partial charge in [-0.25, -0.2) is 0 Å². The van der Waals surface area contributed by atoms with Gasteiger partial charge in [0.25, 0.3) is 11.6 Å². The predicted octanol–water partition coefficient (Wildman–Crippen LogP) is 2.63. The molecule has 2 amide bonds. The lowest BCUT2D eigenvalue weighted by atomic mass is 10.0. The highest BCUT2D eigenvalue weighted by Gasteiger charge is 2.60. The molecule has 7 nitrogen and oxygen atoms in total. The Balaban J connectivity index is 1.80. The highest BCUT2D eigenvalue weighted by Crippen LogP contribution is 2.33. The van der Waals surface area contributed by atoms with Gasteiger partial charge < -0.3 is 5.32 Å². The molecule has 1 unspecified atom stereocenters. The van der Waals surface area contributed by atoms with Gasteiger partial charge in [0.2, 0.25) is 5.69 Å². The smallest absolute Gasteiger partial charge is 0.313 e. The van der Waals surface area contributed by atoms with Gasteiger partial charge >= 0.3 is 11.6 Å². The molecule has 0 radical (unpaired) electrons. The van der Waals surface area contributed by atoms with Crippen LogP contribution in [0.25, 0.3) is 16.9 Å². The summed E-state index contributed by atoms with van der Waals surface area (Å²) in [7, 11) is 0. The number of hydrogen-bond acceptors (Lipinski definition) is 3. The standard InChI is InChI=1S/C22H22ClN5O2/c1-12(2)15-10-17(14-6-5-13(3)16(23)9-14)25-27-11-18-20(29)26-8-7-24-21(30)22(26,4)28(18)19(15)27/h5-6,9-12H,7-8H2,1-4H3/p+1. The second kappa shape index (κ2) is 6.28. The number of carbonyl (C=O) groups excluding carboxylic acids is 2. The van der Waals surface area contributed by atoms with Crippen LogP contribution in [0.15, 0.2) is 30.5 Å². The number of rotatable bonds is 2. The van der Waals surface area contributed by atoms with Crippen molar-refractivity contribution in [2.24, 2.45) is 0 Å². The maximum absolute atomic E-state index is 13.1. The molecule has 8 heteroatoms. The fraction of sp³-hybridized carbons (Fsp3) is 0.364. The summed E-state index contributed by atoms with van der Waals surface area (Å²) in [5.41, 5.74) is 3.83. The van der Waals surface area contributed by atoms with Gasteiger partial charge in [0, 0.05) is 36.2 Å². The molecule has 1 fully saturated rings. The van der Waals surface area contributed by atoms with Gasteiger partial charge in [-0.3, -0.25) is 14.5 Å². The van der Waals surface area contributed by atoms with Crippen molar-refractivity contribution in [2.75, 3.05) is 13.1 Å². The van der Waals surface area contributed by atoms with E-state index in [1.165, 1.54) is 0 Å². The van der Waals surface area contributed by atoms with E-state index in [4.69, 9.17) is 16.7 Å². The van der Waals surface area contributed by atoms with Crippen molar-refractivity contribution in [1.82, 2.24) is 19.8 Å². The summed E-state index contributed by atoms with van der Waals surface area (Å²) in [5, 5.41) is 8.38. The first-order chi connectivity index (χ1) is 14.2. The molecule has 1 atom stereocenters. The maximum Gasteiger partial charge on any atom is 0.313 e. The number of hydrogen-bond donors (Lipinski definition) is 1. The Morgan fingerprint density at radius 2 is 2.03 bits per heavy atom. The Morgan fingerprint density at radius 1 is 1.27 bits per heavy atom. The van der Waals surface area contributed by atoms with E-state index in [1.807, 2.05) is 35.8 Å². The van der Waals surface area contributed by atoms with Gasteiger partial charge in [0.05, 0.1) is 0 Å². The molecular formula is C22H23ClN5O2+. The molecule has 3 aromatic rings. The molecule has 2 aromatic heterocycles. The van der Waals surface area contributed by atoms with Gasteiger partial charge in [-0.15, -0.1) is 0 Å². The van der Waals surface area contributed by atoms with Crippen LogP contribution >= 0.6 is 11.6 Å². The fourth-order valence-electron chi connectivity index (χ4n) is 4.50. The van der Waals surface area contributed by atoms with Gasteiger partial charge in [-0.05, 0) is 30.5 Å². The maximum atomic E-state index is 13.1. The van der Waals surface area contributed by atoms with Gasteiger partial charge in [-0.1, -0.05) is 47.2 Å². The Hall–Kier alpha value is -2.93. The van der Waals surface area contributed by atoms with E-state index in [9.17, 15) is 9.59 Å². The van der Waals surface area contributed by atoms with Gasteiger partial charge in [0.15, 0.2) is 6.20 Å². The van der Waals surface area contributed by atoms with Crippen LogP contribution in [-0.4, -0.2) is 39.4 Å². The number of aromatic nitrogens is 3. The number of carbonyl (C=O) groups is 2. The zero-order chi connectivity index (χ0) is 21.4. The number of benzene rings is 1. The molecule has 0 spiro atoms. The summed E-state index contributed by atoms with van der Waals surface area (Å²) in [5.74, 6) is -0.170. The van der Waals surface area contributed by atoms with Crippen molar-refractivity contribution in [3.8, 4) is 11.3 Å². The Labute approximate surface area is 179 Å². The Kier molecular flexibility index (Phi) is 3.99. The van der Waals surface area contributed by atoms with Crippen molar-refractivity contribution in [3.05, 3.63) is 52.3 Å². The third kappa shape index (κ3) is 2.38. The van der Waals surface area contributed by atoms with Crippen molar-refractivity contribution in [1.29, 1.82) is 0 Å². The molecule has 2 aliphatic rings. The topological polar surface area (TPSA) is 70.6 Å². The highest BCUT2D eigenvalue weighted by atomic mass is 35.5. The van der Waals surface area contributed by atoms with Crippen LogP contribution < -0.4 is 9.88 Å². The quantitative estimate of drug-likeness (QED) is 0.643. The second-order valence-electron chi connectivity index (χ2n) is 8.46. The van der Waals surface area contributed by atoms with Crippen LogP contribution in [0.4, 0.5) is 0 Å². The number of imidazole rings is 1. The molecule has 0 saturated carbocycles. The van der Waals surface area contributed by atoms with Crippen molar-refractivity contribution in [3.63, 3.8) is 0 Å². The third-order valence-corrected chi connectivity index (χ3v) is 6.65. The van der Waals surface area contributed by atoms with Crippen LogP contribution in [0.5, 0.6) is 0 Å². The van der Waals surface area contributed by atoms with E-state index in [2.05, 4.69) is 19.2 Å². The lowest BCUT2D eigenvalue weighted by molar-refractivity contribution is -0.732. The summed E-state index contributed by atoms with van der Waals surface area (Å²) in [6.07, 6.45) is 1.74. The molecule has 0 aliphatic carbocycles. The number of amides is 2. The van der Waals surface area contributed by atoms with Gasteiger partial charge in [0.1, 0.15) is 5.69 Å². The summed E-state index contributed by atoms with van der Waals surface area (Å²) in [4.78, 5) is 27.7. The first-order valence-electron chi connectivity index (χ1n) is 10.1. The van der Waals surface area contributed by atoms with Crippen LogP contribution in [0.2, 0.25) is 5.02 Å². The van der Waals surface area contributed by atoms with Crippen molar-refractivity contribution in [2.45, 2.75) is 39.3 Å². The van der Waals surface area contributed by atoms with E-state index in [0.29, 0.717) is 23.8 Å². The number of piperazine rings is 1. The summed E-state index contributed by atoms with van der Waals surface area (Å²) in [6, 6.07) is 7.90. The normalized spacial score (nSPS) is 20.7. The van der Waals surface area contributed by atoms with E-state index in [0.717, 1.165) is 28.0 Å². The number of nitrogens with zero attached hydrogens (tertiary/aromatic N) is 4. The van der Waals surface area contributed by atoms with Crippen LogP contribution in [0.3, 0.4) is 0 Å². The molecule has 1 N–H and O–H groups in total. The minimum atomic E-state index is -1.10.